The van der Waals surface area contributed by atoms with Crippen molar-refractivity contribution in [3.63, 3.8) is 0 Å². The molecule has 2 aromatic rings. The maximum Gasteiger partial charge on any atom is 0.225 e. The van der Waals surface area contributed by atoms with Crippen molar-refractivity contribution in [3.8, 4) is 0 Å². The minimum atomic E-state index is -0.852. The van der Waals surface area contributed by atoms with Gasteiger partial charge >= 0.3 is 0 Å². The van der Waals surface area contributed by atoms with E-state index in [1.54, 1.807) is 14.1 Å². The summed E-state index contributed by atoms with van der Waals surface area (Å²) in [6.07, 6.45) is 3.52. The third-order valence-electron chi connectivity index (χ3n) is 4.58. The van der Waals surface area contributed by atoms with E-state index < -0.39 is 6.10 Å². The van der Waals surface area contributed by atoms with E-state index in [1.807, 2.05) is 28.9 Å². The summed E-state index contributed by atoms with van der Waals surface area (Å²) >= 11 is 0. The summed E-state index contributed by atoms with van der Waals surface area (Å²) in [5, 5.41) is 14.8. The van der Waals surface area contributed by atoms with Gasteiger partial charge < -0.3 is 10.0 Å². The van der Waals surface area contributed by atoms with E-state index >= 15 is 0 Å². The van der Waals surface area contributed by atoms with Gasteiger partial charge in [0.1, 0.15) is 6.10 Å². The summed E-state index contributed by atoms with van der Waals surface area (Å²) < 4.78 is 1.94. The van der Waals surface area contributed by atoms with Crippen LogP contribution in [-0.2, 0) is 17.9 Å². The Hall–Kier alpha value is -2.44. The fraction of sp³-hybridized carbons (Fsp3) is 0.400. The van der Waals surface area contributed by atoms with Crippen molar-refractivity contribution >= 4 is 12.0 Å². The SMILES string of the molecule is CN(C)C(=O)CC(O)c1cc2n(n1)CCN(CC=Cc1ccccc1)C2. The molecule has 2 heterocycles. The monoisotopic (exact) mass is 354 g/mol. The predicted octanol–water partition coefficient (Wildman–Crippen LogP) is 1.92. The molecule has 0 spiro atoms. The molecule has 1 aromatic carbocycles. The number of rotatable bonds is 6. The van der Waals surface area contributed by atoms with Crippen LogP contribution < -0.4 is 0 Å². The second-order valence-electron chi connectivity index (χ2n) is 6.84. The van der Waals surface area contributed by atoms with Gasteiger partial charge in [-0.05, 0) is 11.6 Å². The molecule has 3 rings (SSSR count). The maximum absolute atomic E-state index is 11.8. The summed E-state index contributed by atoms with van der Waals surface area (Å²) in [6.45, 7) is 3.38. The lowest BCUT2D eigenvalue weighted by Gasteiger charge is -2.26. The van der Waals surface area contributed by atoms with Gasteiger partial charge in [-0.2, -0.15) is 5.10 Å². The average molecular weight is 354 g/mol. The Bertz CT molecular complexity index is 767. The molecule has 6 heteroatoms. The van der Waals surface area contributed by atoms with E-state index in [2.05, 4.69) is 34.3 Å². The highest BCUT2D eigenvalue weighted by atomic mass is 16.3. The lowest BCUT2D eigenvalue weighted by Crippen LogP contribution is -2.33. The molecule has 1 aliphatic rings. The number of amides is 1. The third kappa shape index (κ3) is 4.59. The molecule has 1 aromatic heterocycles. The minimum absolute atomic E-state index is 0.0625. The normalized spacial score (nSPS) is 15.8. The molecule has 0 aliphatic carbocycles. The van der Waals surface area contributed by atoms with Crippen LogP contribution in [0.5, 0.6) is 0 Å². The zero-order chi connectivity index (χ0) is 18.5. The number of carbonyl (C=O) groups is 1. The molecule has 1 atom stereocenters. The van der Waals surface area contributed by atoms with E-state index in [1.165, 1.54) is 10.5 Å². The molecule has 0 fully saturated rings. The van der Waals surface area contributed by atoms with Crippen LogP contribution in [0.1, 0.15) is 29.5 Å². The number of aliphatic hydroxyl groups is 1. The second kappa shape index (κ2) is 8.29. The van der Waals surface area contributed by atoms with Crippen LogP contribution in [0.2, 0.25) is 0 Å². The molecule has 0 saturated carbocycles. The van der Waals surface area contributed by atoms with Crippen molar-refractivity contribution in [2.45, 2.75) is 25.6 Å². The zero-order valence-electron chi connectivity index (χ0n) is 15.4. The van der Waals surface area contributed by atoms with Gasteiger partial charge in [0.25, 0.3) is 0 Å². The Labute approximate surface area is 154 Å². The first-order chi connectivity index (χ1) is 12.5. The fourth-order valence-corrected chi connectivity index (χ4v) is 3.02. The van der Waals surface area contributed by atoms with Gasteiger partial charge in [0, 0.05) is 33.7 Å². The van der Waals surface area contributed by atoms with Crippen molar-refractivity contribution < 1.29 is 9.90 Å². The van der Waals surface area contributed by atoms with E-state index in [9.17, 15) is 9.90 Å². The van der Waals surface area contributed by atoms with Crippen LogP contribution in [0.3, 0.4) is 0 Å². The Morgan fingerprint density at radius 2 is 2.08 bits per heavy atom. The van der Waals surface area contributed by atoms with Crippen LogP contribution in [0, 0.1) is 0 Å². The zero-order valence-corrected chi connectivity index (χ0v) is 15.4. The largest absolute Gasteiger partial charge is 0.386 e. The number of hydrogen-bond acceptors (Lipinski definition) is 4. The summed E-state index contributed by atoms with van der Waals surface area (Å²) in [7, 11) is 3.38. The molecule has 0 saturated heterocycles. The summed E-state index contributed by atoms with van der Waals surface area (Å²) in [4.78, 5) is 15.6. The third-order valence-corrected chi connectivity index (χ3v) is 4.58. The molecule has 0 bridgehead atoms. The quantitative estimate of drug-likeness (QED) is 0.861. The Kier molecular flexibility index (Phi) is 5.85. The van der Waals surface area contributed by atoms with Gasteiger partial charge in [-0.3, -0.25) is 14.4 Å². The van der Waals surface area contributed by atoms with Crippen LogP contribution in [0.15, 0.2) is 42.5 Å². The predicted molar refractivity (Wildman–Crippen MR) is 101 cm³/mol. The summed E-state index contributed by atoms with van der Waals surface area (Å²) in [5.41, 5.74) is 2.86. The second-order valence-corrected chi connectivity index (χ2v) is 6.84. The van der Waals surface area contributed by atoms with E-state index in [-0.39, 0.29) is 12.3 Å². The number of carbonyl (C=O) groups excluding carboxylic acids is 1. The van der Waals surface area contributed by atoms with E-state index in [4.69, 9.17) is 0 Å². The van der Waals surface area contributed by atoms with E-state index in [0.29, 0.717) is 5.69 Å². The highest BCUT2D eigenvalue weighted by molar-refractivity contribution is 5.76. The maximum atomic E-state index is 11.8. The molecule has 6 nitrogen and oxygen atoms in total. The Morgan fingerprint density at radius 1 is 1.31 bits per heavy atom. The van der Waals surface area contributed by atoms with Crippen LogP contribution in [0.25, 0.3) is 6.08 Å². The summed E-state index contributed by atoms with van der Waals surface area (Å²) in [5.74, 6) is -0.101. The van der Waals surface area contributed by atoms with Crippen LogP contribution >= 0.6 is 0 Å². The van der Waals surface area contributed by atoms with Crippen molar-refractivity contribution in [1.29, 1.82) is 0 Å². The van der Waals surface area contributed by atoms with Crippen LogP contribution in [-0.4, -0.2) is 57.8 Å². The number of aliphatic hydroxyl groups excluding tert-OH is 1. The topological polar surface area (TPSA) is 61.6 Å². The van der Waals surface area contributed by atoms with Gasteiger partial charge in [-0.15, -0.1) is 0 Å². The van der Waals surface area contributed by atoms with Gasteiger partial charge in [0.15, 0.2) is 0 Å². The van der Waals surface area contributed by atoms with Crippen molar-refractivity contribution in [2.24, 2.45) is 0 Å². The van der Waals surface area contributed by atoms with Gasteiger partial charge in [-0.25, -0.2) is 0 Å². The molecule has 1 aliphatic heterocycles. The van der Waals surface area contributed by atoms with Crippen molar-refractivity contribution in [2.75, 3.05) is 27.2 Å². The van der Waals surface area contributed by atoms with Crippen molar-refractivity contribution in [3.05, 3.63) is 59.4 Å². The average Bonchev–Trinajstić information content (AvgIpc) is 3.06. The lowest BCUT2D eigenvalue weighted by molar-refractivity contribution is -0.130. The molecule has 138 valence electrons. The number of fused-ring (bicyclic) bond motifs is 1. The number of benzene rings is 1. The Morgan fingerprint density at radius 3 is 2.81 bits per heavy atom. The first-order valence-electron chi connectivity index (χ1n) is 8.91. The van der Waals surface area contributed by atoms with Gasteiger partial charge in [-0.1, -0.05) is 42.5 Å². The molecular weight excluding hydrogens is 328 g/mol. The molecule has 0 radical (unpaired) electrons. The number of nitrogens with zero attached hydrogens (tertiary/aromatic N) is 4. The van der Waals surface area contributed by atoms with E-state index in [0.717, 1.165) is 31.9 Å². The minimum Gasteiger partial charge on any atom is -0.386 e. The number of aromatic nitrogens is 2. The molecule has 1 unspecified atom stereocenters. The highest BCUT2D eigenvalue weighted by Gasteiger charge is 2.22. The smallest absolute Gasteiger partial charge is 0.225 e. The molecule has 1 amide bonds. The van der Waals surface area contributed by atoms with Crippen LogP contribution in [0.4, 0.5) is 0 Å². The van der Waals surface area contributed by atoms with Gasteiger partial charge in [0.05, 0.1) is 24.4 Å². The number of hydrogen-bond donors (Lipinski definition) is 1. The standard InChI is InChI=1S/C20H26N4O2/c1-22(2)20(26)14-19(25)18-13-17-15-23(11-12-24(17)21-18)10-6-9-16-7-4-3-5-8-16/h3-9,13,19,25H,10-12,14-15H2,1-2H3. The van der Waals surface area contributed by atoms with Crippen molar-refractivity contribution in [1.82, 2.24) is 19.6 Å². The molecule has 1 N–H and O–H groups in total. The molecular formula is C20H26N4O2. The first kappa shape index (κ1) is 18.4. The fourth-order valence-electron chi connectivity index (χ4n) is 3.02. The molecule has 26 heavy (non-hydrogen) atoms. The first-order valence-corrected chi connectivity index (χ1v) is 8.91. The Balaban J connectivity index is 1.58. The van der Waals surface area contributed by atoms with Gasteiger partial charge in [0.2, 0.25) is 5.91 Å². The lowest BCUT2D eigenvalue weighted by atomic mass is 10.1. The summed E-state index contributed by atoms with van der Waals surface area (Å²) in [6, 6.07) is 12.2. The highest BCUT2D eigenvalue weighted by Crippen LogP contribution is 2.20.